The van der Waals surface area contributed by atoms with E-state index in [-0.39, 0.29) is 24.8 Å². The Hall–Kier alpha value is -1.79. The van der Waals surface area contributed by atoms with Gasteiger partial charge in [-0.3, -0.25) is 4.79 Å². The van der Waals surface area contributed by atoms with E-state index in [1.54, 1.807) is 6.92 Å². The number of hydrogen-bond donors (Lipinski definition) is 4. The monoisotopic (exact) mass is 259 g/mol. The fourth-order valence-electron chi connectivity index (χ4n) is 1.29. The summed E-state index contributed by atoms with van der Waals surface area (Å²) in [6, 6.07) is -1.50. The van der Waals surface area contributed by atoms with Gasteiger partial charge in [0.05, 0.1) is 0 Å². The molecule has 0 saturated carbocycles. The minimum Gasteiger partial charge on any atom is -0.480 e. The lowest BCUT2D eigenvalue weighted by Gasteiger charge is -2.20. The first-order valence-corrected chi connectivity index (χ1v) is 5.90. The molecule has 104 valence electrons. The van der Waals surface area contributed by atoms with Gasteiger partial charge in [-0.05, 0) is 5.92 Å². The van der Waals surface area contributed by atoms with Crippen molar-refractivity contribution in [1.82, 2.24) is 16.0 Å². The summed E-state index contributed by atoms with van der Waals surface area (Å²) in [6.45, 7) is 3.77. The molecule has 4 N–H and O–H groups in total. The Morgan fingerprint density at radius 1 is 1.28 bits per heavy atom. The molecule has 0 aliphatic carbocycles. The highest BCUT2D eigenvalue weighted by molar-refractivity contribution is 5.83. The summed E-state index contributed by atoms with van der Waals surface area (Å²) >= 11 is 0. The highest BCUT2D eigenvalue weighted by Gasteiger charge is 2.24. The van der Waals surface area contributed by atoms with E-state index in [0.717, 1.165) is 0 Å². The van der Waals surface area contributed by atoms with Gasteiger partial charge < -0.3 is 21.1 Å². The molecule has 0 aromatic carbocycles. The van der Waals surface area contributed by atoms with Gasteiger partial charge in [-0.1, -0.05) is 20.3 Å². The second-order valence-corrected chi connectivity index (χ2v) is 4.02. The van der Waals surface area contributed by atoms with Crippen LogP contribution < -0.4 is 16.0 Å². The average molecular weight is 259 g/mol. The first-order chi connectivity index (χ1) is 8.42. The maximum atomic E-state index is 11.4. The maximum Gasteiger partial charge on any atom is 0.326 e. The molecule has 0 aromatic heterocycles. The molecule has 0 fully saturated rings. The van der Waals surface area contributed by atoms with Crippen LogP contribution in [0.1, 0.15) is 26.7 Å². The van der Waals surface area contributed by atoms with Crippen LogP contribution >= 0.6 is 0 Å². The molecule has 0 unspecified atom stereocenters. The quantitative estimate of drug-likeness (QED) is 0.513. The summed E-state index contributed by atoms with van der Waals surface area (Å²) in [5.41, 5.74) is 0. The summed E-state index contributed by atoms with van der Waals surface area (Å²) in [7, 11) is 1.51. The van der Waals surface area contributed by atoms with Crippen LogP contribution in [0.4, 0.5) is 4.79 Å². The van der Waals surface area contributed by atoms with Crippen molar-refractivity contribution >= 4 is 17.9 Å². The van der Waals surface area contributed by atoms with Crippen LogP contribution in [-0.2, 0) is 9.59 Å². The van der Waals surface area contributed by atoms with E-state index >= 15 is 0 Å². The maximum absolute atomic E-state index is 11.4. The van der Waals surface area contributed by atoms with Crippen molar-refractivity contribution in [3.05, 3.63) is 0 Å². The largest absolute Gasteiger partial charge is 0.480 e. The molecule has 0 saturated heterocycles. The van der Waals surface area contributed by atoms with Crippen molar-refractivity contribution in [2.24, 2.45) is 5.92 Å². The van der Waals surface area contributed by atoms with E-state index in [1.165, 1.54) is 7.05 Å². The predicted octanol–water partition coefficient (Wildman–Crippen LogP) is -0.0790. The van der Waals surface area contributed by atoms with Crippen molar-refractivity contribution in [3.8, 4) is 0 Å². The standard InChI is InChI=1S/C11H21N3O4/c1-4-7(2)9(10(16)17)14-11(18)13-6-5-8(15)12-3/h7,9H,4-6H2,1-3H3,(H,12,15)(H,16,17)(H2,13,14,18)/t7-,9-/m0/s1. The van der Waals surface area contributed by atoms with Gasteiger partial charge in [0.25, 0.3) is 0 Å². The van der Waals surface area contributed by atoms with Crippen molar-refractivity contribution in [3.63, 3.8) is 0 Å². The Morgan fingerprint density at radius 2 is 1.89 bits per heavy atom. The van der Waals surface area contributed by atoms with Crippen molar-refractivity contribution < 1.29 is 19.5 Å². The number of carboxylic acid groups (broad SMARTS) is 1. The molecule has 7 heteroatoms. The predicted molar refractivity (Wildman–Crippen MR) is 66.1 cm³/mol. The van der Waals surface area contributed by atoms with Crippen LogP contribution in [0.5, 0.6) is 0 Å². The Bertz CT molecular complexity index is 307. The molecule has 0 spiro atoms. The van der Waals surface area contributed by atoms with E-state index in [1.807, 2.05) is 6.92 Å². The van der Waals surface area contributed by atoms with Crippen LogP contribution in [0.15, 0.2) is 0 Å². The number of carboxylic acids is 1. The molecule has 0 aliphatic rings. The highest BCUT2D eigenvalue weighted by Crippen LogP contribution is 2.07. The molecule has 18 heavy (non-hydrogen) atoms. The summed E-state index contributed by atoms with van der Waals surface area (Å²) in [5.74, 6) is -1.41. The average Bonchev–Trinajstić information content (AvgIpc) is 2.34. The Morgan fingerprint density at radius 3 is 2.33 bits per heavy atom. The van der Waals surface area contributed by atoms with Gasteiger partial charge >= 0.3 is 12.0 Å². The van der Waals surface area contributed by atoms with E-state index in [4.69, 9.17) is 5.11 Å². The van der Waals surface area contributed by atoms with Gasteiger partial charge in [-0.25, -0.2) is 9.59 Å². The second kappa shape index (κ2) is 8.32. The molecule has 0 aromatic rings. The molecule has 0 bridgehead atoms. The van der Waals surface area contributed by atoms with Crippen LogP contribution in [-0.4, -0.2) is 42.6 Å². The number of rotatable bonds is 7. The number of nitrogens with one attached hydrogen (secondary N) is 3. The molecule has 0 heterocycles. The third kappa shape index (κ3) is 6.07. The number of aliphatic carboxylic acids is 1. The fraction of sp³-hybridized carbons (Fsp3) is 0.727. The third-order valence-corrected chi connectivity index (χ3v) is 2.68. The van der Waals surface area contributed by atoms with Crippen molar-refractivity contribution in [1.29, 1.82) is 0 Å². The second-order valence-electron chi connectivity index (χ2n) is 4.02. The molecule has 3 amide bonds. The lowest BCUT2D eigenvalue weighted by atomic mass is 9.99. The zero-order chi connectivity index (χ0) is 14.1. The highest BCUT2D eigenvalue weighted by atomic mass is 16.4. The number of amides is 3. The van der Waals surface area contributed by atoms with Crippen molar-refractivity contribution in [2.45, 2.75) is 32.7 Å². The van der Waals surface area contributed by atoms with Gasteiger partial charge in [0, 0.05) is 20.0 Å². The van der Waals surface area contributed by atoms with Crippen molar-refractivity contribution in [2.75, 3.05) is 13.6 Å². The third-order valence-electron chi connectivity index (χ3n) is 2.68. The zero-order valence-electron chi connectivity index (χ0n) is 10.9. The smallest absolute Gasteiger partial charge is 0.326 e. The van der Waals surface area contributed by atoms with Crippen LogP contribution in [0.25, 0.3) is 0 Å². The zero-order valence-corrected chi connectivity index (χ0v) is 10.9. The summed E-state index contributed by atoms with van der Waals surface area (Å²) in [5, 5.41) is 16.2. The lowest BCUT2D eigenvalue weighted by molar-refractivity contribution is -0.140. The molecule has 0 aliphatic heterocycles. The van der Waals surface area contributed by atoms with E-state index in [9.17, 15) is 14.4 Å². The normalized spacial score (nSPS) is 13.3. The first-order valence-electron chi connectivity index (χ1n) is 5.90. The van der Waals surface area contributed by atoms with Gasteiger partial charge in [0.2, 0.25) is 5.91 Å². The van der Waals surface area contributed by atoms with Gasteiger partial charge in [-0.15, -0.1) is 0 Å². The number of urea groups is 1. The minimum atomic E-state index is -1.06. The Balaban J connectivity index is 4.11. The molecule has 0 rings (SSSR count). The molecule has 0 radical (unpaired) electrons. The van der Waals surface area contributed by atoms with Gasteiger partial charge in [-0.2, -0.15) is 0 Å². The van der Waals surface area contributed by atoms with E-state index < -0.39 is 18.0 Å². The van der Waals surface area contributed by atoms with E-state index in [0.29, 0.717) is 6.42 Å². The summed E-state index contributed by atoms with van der Waals surface area (Å²) < 4.78 is 0. The van der Waals surface area contributed by atoms with Gasteiger partial charge in [0.1, 0.15) is 6.04 Å². The molecular formula is C11H21N3O4. The van der Waals surface area contributed by atoms with E-state index in [2.05, 4.69) is 16.0 Å². The van der Waals surface area contributed by atoms with Gasteiger partial charge in [0.15, 0.2) is 0 Å². The topological polar surface area (TPSA) is 108 Å². The molecular weight excluding hydrogens is 238 g/mol. The number of carbonyl (C=O) groups is 3. The fourth-order valence-corrected chi connectivity index (χ4v) is 1.29. The van der Waals surface area contributed by atoms with Crippen LogP contribution in [0.2, 0.25) is 0 Å². The summed E-state index contributed by atoms with van der Waals surface area (Å²) in [4.78, 5) is 33.3. The molecule has 2 atom stereocenters. The number of hydrogen-bond acceptors (Lipinski definition) is 3. The number of carbonyl (C=O) groups excluding carboxylic acids is 2. The molecule has 7 nitrogen and oxygen atoms in total. The lowest BCUT2D eigenvalue weighted by Crippen LogP contribution is -2.49. The minimum absolute atomic E-state index is 0.158. The Kier molecular flexibility index (Phi) is 7.50. The van der Waals surface area contributed by atoms with Crippen LogP contribution in [0.3, 0.4) is 0 Å². The Labute approximate surface area is 106 Å². The van der Waals surface area contributed by atoms with Crippen LogP contribution in [0, 0.1) is 5.92 Å². The summed E-state index contributed by atoms with van der Waals surface area (Å²) in [6.07, 6.45) is 0.806. The SMILES string of the molecule is CC[C@H](C)[C@H](NC(=O)NCCC(=O)NC)C(=O)O. The first kappa shape index (κ1) is 16.2.